The molecule has 0 radical (unpaired) electrons. The van der Waals surface area contributed by atoms with Gasteiger partial charge >= 0.3 is 0 Å². The number of ketones is 1. The second-order valence-corrected chi connectivity index (χ2v) is 7.88. The smallest absolute Gasteiger partial charge is 0.204 e. The van der Waals surface area contributed by atoms with E-state index in [-0.39, 0.29) is 6.42 Å². The first kappa shape index (κ1) is 20.1. The number of carbonyl (C=O) groups is 1. The van der Waals surface area contributed by atoms with Gasteiger partial charge in [0.1, 0.15) is 11.6 Å². The van der Waals surface area contributed by atoms with E-state index in [0.717, 1.165) is 53.8 Å². The zero-order valence-corrected chi connectivity index (χ0v) is 17.3. The molecule has 0 saturated carbocycles. The van der Waals surface area contributed by atoms with E-state index >= 15 is 0 Å². The van der Waals surface area contributed by atoms with Crippen molar-refractivity contribution in [3.63, 3.8) is 0 Å². The van der Waals surface area contributed by atoms with Crippen LogP contribution in [0, 0.1) is 11.6 Å². The number of benzene rings is 2. The van der Waals surface area contributed by atoms with Crippen LogP contribution < -0.4 is 0 Å². The second-order valence-electron chi connectivity index (χ2n) is 7.88. The Morgan fingerprint density at radius 3 is 2.59 bits per heavy atom. The van der Waals surface area contributed by atoms with Crippen LogP contribution in [0.5, 0.6) is 0 Å². The van der Waals surface area contributed by atoms with Crippen LogP contribution in [0.2, 0.25) is 0 Å². The molecule has 0 N–H and O–H groups in total. The molecule has 2 heterocycles. The molecule has 2 aromatic carbocycles. The van der Waals surface area contributed by atoms with Gasteiger partial charge < -0.3 is 0 Å². The highest BCUT2D eigenvalue weighted by Crippen LogP contribution is 2.34. The van der Waals surface area contributed by atoms with E-state index < -0.39 is 23.0 Å². The number of carbonyl (C=O) groups excluding carboxylic acids is 1. The van der Waals surface area contributed by atoms with Crippen LogP contribution in [0.15, 0.2) is 48.7 Å². The summed E-state index contributed by atoms with van der Waals surface area (Å²) < 4.78 is 28.0. The lowest BCUT2D eigenvalue weighted by Crippen LogP contribution is -2.10. The molecule has 0 saturated heterocycles. The van der Waals surface area contributed by atoms with Gasteiger partial charge in [0.2, 0.25) is 5.82 Å². The summed E-state index contributed by atoms with van der Waals surface area (Å²) in [6.45, 7) is 0. The average Bonchev–Trinajstić information content (AvgIpc) is 3.12. The number of pyridine rings is 1. The Kier molecular flexibility index (Phi) is 5.05. The molecule has 0 atom stereocenters. The van der Waals surface area contributed by atoms with Crippen LogP contribution in [-0.4, -0.2) is 31.0 Å². The number of hydrogen-bond acceptors (Lipinski definition) is 5. The summed E-state index contributed by atoms with van der Waals surface area (Å²) in [6, 6.07) is 11.4. The number of rotatable bonds is 4. The largest absolute Gasteiger partial charge is 0.294 e. The molecule has 0 spiro atoms. The van der Waals surface area contributed by atoms with Gasteiger partial charge in [-0.1, -0.05) is 24.3 Å². The van der Waals surface area contributed by atoms with Crippen molar-refractivity contribution in [3.8, 4) is 22.6 Å². The summed E-state index contributed by atoms with van der Waals surface area (Å²) in [6.07, 6.45) is 4.12. The number of aryl methyl sites for hydroxylation is 3. The first-order chi connectivity index (χ1) is 15.5. The van der Waals surface area contributed by atoms with E-state index in [1.54, 1.807) is 13.2 Å². The van der Waals surface area contributed by atoms with Crippen LogP contribution in [0.1, 0.15) is 33.5 Å². The fourth-order valence-corrected chi connectivity index (χ4v) is 4.15. The van der Waals surface area contributed by atoms with Crippen molar-refractivity contribution in [1.82, 2.24) is 25.2 Å². The zero-order chi connectivity index (χ0) is 22.2. The van der Waals surface area contributed by atoms with Crippen molar-refractivity contribution in [2.24, 2.45) is 7.05 Å². The summed E-state index contributed by atoms with van der Waals surface area (Å²) in [7, 11) is 1.72. The normalized spacial score (nSPS) is 12.7. The van der Waals surface area contributed by atoms with Crippen molar-refractivity contribution in [2.45, 2.75) is 25.7 Å². The van der Waals surface area contributed by atoms with Gasteiger partial charge in [-0.2, -0.15) is 4.80 Å². The first-order valence-corrected chi connectivity index (χ1v) is 10.3. The van der Waals surface area contributed by atoms with Crippen molar-refractivity contribution in [3.05, 3.63) is 82.5 Å². The molecule has 0 bridgehead atoms. The highest BCUT2D eigenvalue weighted by molar-refractivity contribution is 5.98. The molecule has 0 fully saturated rings. The zero-order valence-electron chi connectivity index (χ0n) is 17.3. The van der Waals surface area contributed by atoms with Gasteiger partial charge in [-0.3, -0.25) is 9.78 Å². The van der Waals surface area contributed by atoms with Gasteiger partial charge in [0.25, 0.3) is 0 Å². The third kappa shape index (κ3) is 3.68. The Bertz CT molecular complexity index is 1330. The second kappa shape index (κ2) is 8.03. The fourth-order valence-electron chi connectivity index (χ4n) is 4.15. The molecule has 160 valence electrons. The molecule has 1 aliphatic rings. The molecule has 0 aliphatic heterocycles. The van der Waals surface area contributed by atoms with Gasteiger partial charge in [0.15, 0.2) is 5.78 Å². The Hall–Kier alpha value is -3.81. The summed E-state index contributed by atoms with van der Waals surface area (Å²) >= 11 is 0. The predicted octanol–water partition coefficient (Wildman–Crippen LogP) is 4.13. The molecule has 4 aromatic rings. The SMILES string of the molecule is Cn1nnc(-c2ccc3c(c2)-c2ncc(CC(=O)c4c(F)cccc4F)cc2CCC3)n1. The molecule has 1 aliphatic carbocycles. The molecule has 6 nitrogen and oxygen atoms in total. The van der Waals surface area contributed by atoms with E-state index in [1.807, 2.05) is 18.2 Å². The third-order valence-electron chi connectivity index (χ3n) is 5.65. The first-order valence-electron chi connectivity index (χ1n) is 10.3. The molecule has 32 heavy (non-hydrogen) atoms. The third-order valence-corrected chi connectivity index (χ3v) is 5.65. The number of hydrogen-bond donors (Lipinski definition) is 0. The minimum absolute atomic E-state index is 0.117. The Morgan fingerprint density at radius 2 is 1.84 bits per heavy atom. The predicted molar refractivity (Wildman–Crippen MR) is 114 cm³/mol. The number of halogens is 2. The van der Waals surface area contributed by atoms with E-state index in [0.29, 0.717) is 11.4 Å². The molecule has 2 aromatic heterocycles. The quantitative estimate of drug-likeness (QED) is 0.454. The minimum atomic E-state index is -0.850. The maximum atomic E-state index is 14.0. The lowest BCUT2D eigenvalue weighted by atomic mass is 9.96. The van der Waals surface area contributed by atoms with Gasteiger partial charge in [0, 0.05) is 23.7 Å². The monoisotopic (exact) mass is 431 g/mol. The van der Waals surface area contributed by atoms with Gasteiger partial charge in [-0.25, -0.2) is 8.78 Å². The van der Waals surface area contributed by atoms with E-state index in [9.17, 15) is 13.6 Å². The Morgan fingerprint density at radius 1 is 1.06 bits per heavy atom. The lowest BCUT2D eigenvalue weighted by Gasteiger charge is -2.11. The van der Waals surface area contributed by atoms with Crippen LogP contribution in [0.3, 0.4) is 0 Å². The molecule has 8 heteroatoms. The van der Waals surface area contributed by atoms with Crippen molar-refractivity contribution in [2.75, 3.05) is 0 Å². The topological polar surface area (TPSA) is 73.6 Å². The summed E-state index contributed by atoms with van der Waals surface area (Å²) in [5.41, 5.74) is 5.01. The van der Waals surface area contributed by atoms with Gasteiger partial charge in [-0.15, -0.1) is 10.2 Å². The number of tetrazole rings is 1. The van der Waals surface area contributed by atoms with E-state index in [4.69, 9.17) is 0 Å². The molecular formula is C24H19F2N5O. The van der Waals surface area contributed by atoms with Gasteiger partial charge in [0.05, 0.1) is 18.3 Å². The van der Waals surface area contributed by atoms with E-state index in [2.05, 4.69) is 26.5 Å². The summed E-state index contributed by atoms with van der Waals surface area (Å²) in [5, 5.41) is 12.3. The van der Waals surface area contributed by atoms with Crippen LogP contribution in [-0.2, 0) is 26.3 Å². The number of nitrogens with zero attached hydrogens (tertiary/aromatic N) is 5. The molecule has 0 amide bonds. The maximum absolute atomic E-state index is 14.0. The van der Waals surface area contributed by atoms with Crippen LogP contribution >= 0.6 is 0 Å². The van der Waals surface area contributed by atoms with Crippen LogP contribution in [0.4, 0.5) is 8.78 Å². The van der Waals surface area contributed by atoms with Crippen molar-refractivity contribution in [1.29, 1.82) is 0 Å². The summed E-state index contributed by atoms with van der Waals surface area (Å²) in [5.74, 6) is -1.77. The minimum Gasteiger partial charge on any atom is -0.294 e. The maximum Gasteiger partial charge on any atom is 0.204 e. The van der Waals surface area contributed by atoms with E-state index in [1.165, 1.54) is 16.4 Å². The highest BCUT2D eigenvalue weighted by Gasteiger charge is 2.21. The summed E-state index contributed by atoms with van der Waals surface area (Å²) in [4.78, 5) is 18.6. The van der Waals surface area contributed by atoms with Gasteiger partial charge in [-0.05, 0) is 59.4 Å². The molecule has 5 rings (SSSR count). The molecular weight excluding hydrogens is 412 g/mol. The fraction of sp³-hybridized carbons (Fsp3) is 0.208. The average molecular weight is 431 g/mol. The number of Topliss-reactive ketones (excluding diaryl/α,β-unsaturated/α-hetero) is 1. The van der Waals surface area contributed by atoms with Crippen molar-refractivity contribution >= 4 is 5.78 Å². The number of aromatic nitrogens is 5. The Balaban J connectivity index is 1.49. The molecule has 0 unspecified atom stereocenters. The lowest BCUT2D eigenvalue weighted by molar-refractivity contribution is 0.0985. The van der Waals surface area contributed by atoms with Crippen molar-refractivity contribution < 1.29 is 13.6 Å². The number of fused-ring (bicyclic) bond motifs is 3. The highest BCUT2D eigenvalue weighted by atomic mass is 19.1. The Labute approximate surface area is 182 Å². The van der Waals surface area contributed by atoms with Crippen LogP contribution in [0.25, 0.3) is 22.6 Å². The standard InChI is InChI=1S/C24H19F2N5O/c1-31-29-24(28-30-31)17-9-8-15-4-2-5-16-10-14(13-27-23(16)18(15)12-17)11-21(32)22-19(25)6-3-7-20(22)26/h3,6-10,12-13H,2,4-5,11H2,1H3.